The molecule has 0 spiro atoms. The Morgan fingerprint density at radius 1 is 1.20 bits per heavy atom. The van der Waals surface area contributed by atoms with Gasteiger partial charge in [-0.05, 0) is 37.0 Å². The summed E-state index contributed by atoms with van der Waals surface area (Å²) in [7, 11) is 0. The van der Waals surface area contributed by atoms with Crippen LogP contribution in [0.4, 0.5) is 0 Å². The highest BCUT2D eigenvalue weighted by atomic mass is 35.5. The number of hydrogen-bond acceptors (Lipinski definition) is 1. The number of alkyl halides is 1. The van der Waals surface area contributed by atoms with Crippen LogP contribution in [0.15, 0.2) is 30.5 Å². The van der Waals surface area contributed by atoms with Gasteiger partial charge in [0.2, 0.25) is 0 Å². The van der Waals surface area contributed by atoms with E-state index in [1.54, 1.807) is 0 Å². The third-order valence-electron chi connectivity index (χ3n) is 3.84. The number of halogens is 1. The molecule has 0 fully saturated rings. The van der Waals surface area contributed by atoms with Crippen LogP contribution in [0.25, 0.3) is 16.4 Å². The highest BCUT2D eigenvalue weighted by Crippen LogP contribution is 2.30. The van der Waals surface area contributed by atoms with E-state index in [1.807, 2.05) is 6.20 Å². The zero-order valence-electron chi connectivity index (χ0n) is 12.0. The molecular formula is C17H19ClN2. The first kappa shape index (κ1) is 13.4. The molecule has 0 aliphatic heterocycles. The van der Waals surface area contributed by atoms with Crippen LogP contribution in [0.2, 0.25) is 0 Å². The summed E-state index contributed by atoms with van der Waals surface area (Å²) >= 11 is 6.02. The maximum atomic E-state index is 6.02. The van der Waals surface area contributed by atoms with Crippen LogP contribution in [-0.2, 0) is 12.8 Å². The van der Waals surface area contributed by atoms with E-state index in [-0.39, 0.29) is 0 Å². The number of hydrogen-bond donors (Lipinski definition) is 0. The van der Waals surface area contributed by atoms with Crippen LogP contribution in [0.5, 0.6) is 0 Å². The first-order valence-electron chi connectivity index (χ1n) is 7.20. The van der Waals surface area contributed by atoms with Crippen molar-refractivity contribution in [1.29, 1.82) is 0 Å². The number of nitrogens with zero attached hydrogens (tertiary/aromatic N) is 2. The van der Waals surface area contributed by atoms with Crippen molar-refractivity contribution in [2.45, 2.75) is 33.1 Å². The van der Waals surface area contributed by atoms with Gasteiger partial charge in [0.05, 0.1) is 11.0 Å². The minimum Gasteiger partial charge on any atom is -0.297 e. The second-order valence-corrected chi connectivity index (χ2v) is 5.60. The predicted molar refractivity (Wildman–Crippen MR) is 85.9 cm³/mol. The summed E-state index contributed by atoms with van der Waals surface area (Å²) in [5, 5.41) is 1.31. The molecule has 20 heavy (non-hydrogen) atoms. The minimum absolute atomic E-state index is 0.647. The van der Waals surface area contributed by atoms with Gasteiger partial charge in [0.25, 0.3) is 0 Å². The standard InChI is InChI=1S/C17H19ClN2/c1-3-6-16-19-11-12(2)17-14(9-10-18)13-7-4-5-8-15(13)20(16)17/h4-5,7-8,11H,3,6,9-10H2,1-2H3. The molecule has 3 aromatic rings. The molecule has 0 unspecified atom stereocenters. The highest BCUT2D eigenvalue weighted by molar-refractivity contribution is 6.18. The van der Waals surface area contributed by atoms with E-state index in [4.69, 9.17) is 11.6 Å². The quantitative estimate of drug-likeness (QED) is 0.644. The van der Waals surface area contributed by atoms with Crippen molar-refractivity contribution in [2.75, 3.05) is 5.88 Å². The van der Waals surface area contributed by atoms with E-state index in [0.717, 1.165) is 25.1 Å². The lowest BCUT2D eigenvalue weighted by Crippen LogP contribution is -2.02. The molecular weight excluding hydrogens is 268 g/mol. The smallest absolute Gasteiger partial charge is 0.113 e. The molecule has 0 atom stereocenters. The van der Waals surface area contributed by atoms with Crippen LogP contribution in [0, 0.1) is 6.92 Å². The van der Waals surface area contributed by atoms with E-state index < -0.39 is 0 Å². The van der Waals surface area contributed by atoms with Crippen LogP contribution >= 0.6 is 11.6 Å². The Balaban J connectivity index is 2.47. The molecule has 0 amide bonds. The third kappa shape index (κ3) is 1.99. The van der Waals surface area contributed by atoms with Gasteiger partial charge in [0.15, 0.2) is 0 Å². The number of aryl methyl sites for hydroxylation is 3. The fourth-order valence-corrected chi connectivity index (χ4v) is 3.22. The van der Waals surface area contributed by atoms with Crippen LogP contribution in [0.1, 0.15) is 30.3 Å². The van der Waals surface area contributed by atoms with Gasteiger partial charge < -0.3 is 0 Å². The van der Waals surface area contributed by atoms with Gasteiger partial charge in [-0.1, -0.05) is 25.1 Å². The molecule has 2 heterocycles. The lowest BCUT2D eigenvalue weighted by molar-refractivity contribution is 0.817. The topological polar surface area (TPSA) is 17.3 Å². The summed E-state index contributed by atoms with van der Waals surface area (Å²) in [4.78, 5) is 4.65. The number of fused-ring (bicyclic) bond motifs is 3. The average molecular weight is 287 g/mol. The third-order valence-corrected chi connectivity index (χ3v) is 4.03. The van der Waals surface area contributed by atoms with E-state index in [2.05, 4.69) is 47.5 Å². The Labute approximate surface area is 124 Å². The van der Waals surface area contributed by atoms with Crippen molar-refractivity contribution in [3.05, 3.63) is 47.4 Å². The van der Waals surface area contributed by atoms with Gasteiger partial charge >= 0.3 is 0 Å². The van der Waals surface area contributed by atoms with E-state index >= 15 is 0 Å². The number of rotatable bonds is 4. The van der Waals surface area contributed by atoms with Crippen molar-refractivity contribution in [2.24, 2.45) is 0 Å². The van der Waals surface area contributed by atoms with Gasteiger partial charge in [-0.15, -0.1) is 11.6 Å². The Bertz CT molecular complexity index is 758. The van der Waals surface area contributed by atoms with Crippen molar-refractivity contribution in [3.63, 3.8) is 0 Å². The van der Waals surface area contributed by atoms with Gasteiger partial charge in [-0.25, -0.2) is 4.98 Å². The number of benzene rings is 1. The Kier molecular flexibility index (Phi) is 3.66. The molecule has 0 radical (unpaired) electrons. The van der Waals surface area contributed by atoms with Crippen molar-refractivity contribution in [3.8, 4) is 0 Å². The zero-order valence-corrected chi connectivity index (χ0v) is 12.7. The predicted octanol–water partition coefficient (Wildman–Crippen LogP) is 4.53. The minimum atomic E-state index is 0.647. The van der Waals surface area contributed by atoms with Gasteiger partial charge in [0, 0.05) is 23.9 Å². The van der Waals surface area contributed by atoms with Crippen LogP contribution < -0.4 is 0 Å². The van der Waals surface area contributed by atoms with Crippen molar-refractivity contribution < 1.29 is 0 Å². The van der Waals surface area contributed by atoms with E-state index in [1.165, 1.54) is 27.5 Å². The Hall–Kier alpha value is -1.54. The summed E-state index contributed by atoms with van der Waals surface area (Å²) in [6.07, 6.45) is 4.99. The fraction of sp³-hybridized carbons (Fsp3) is 0.353. The molecule has 2 nitrogen and oxygen atoms in total. The summed E-state index contributed by atoms with van der Waals surface area (Å²) < 4.78 is 2.33. The number of para-hydroxylation sites is 1. The normalized spacial score (nSPS) is 11.6. The molecule has 0 bridgehead atoms. The lowest BCUT2D eigenvalue weighted by atomic mass is 10.1. The lowest BCUT2D eigenvalue weighted by Gasteiger charge is -2.08. The first-order chi connectivity index (χ1) is 9.77. The highest BCUT2D eigenvalue weighted by Gasteiger charge is 2.15. The Morgan fingerprint density at radius 2 is 2.00 bits per heavy atom. The molecule has 0 saturated heterocycles. The monoisotopic (exact) mass is 286 g/mol. The molecule has 104 valence electrons. The van der Waals surface area contributed by atoms with E-state index in [9.17, 15) is 0 Å². The van der Waals surface area contributed by atoms with Crippen LogP contribution in [0.3, 0.4) is 0 Å². The molecule has 0 saturated carbocycles. The van der Waals surface area contributed by atoms with Gasteiger partial charge in [-0.2, -0.15) is 0 Å². The second-order valence-electron chi connectivity index (χ2n) is 5.23. The van der Waals surface area contributed by atoms with E-state index in [0.29, 0.717) is 5.88 Å². The summed E-state index contributed by atoms with van der Waals surface area (Å²) in [5.74, 6) is 1.79. The fourth-order valence-electron chi connectivity index (χ4n) is 3.03. The van der Waals surface area contributed by atoms with Crippen LogP contribution in [-0.4, -0.2) is 15.3 Å². The molecule has 3 heteroatoms. The average Bonchev–Trinajstić information content (AvgIpc) is 2.79. The summed E-state index contributed by atoms with van der Waals surface area (Å²) in [6.45, 7) is 4.33. The Morgan fingerprint density at radius 3 is 2.75 bits per heavy atom. The molecule has 0 N–H and O–H groups in total. The maximum absolute atomic E-state index is 6.02. The summed E-state index contributed by atoms with van der Waals surface area (Å²) in [6, 6.07) is 8.57. The molecule has 0 aliphatic carbocycles. The van der Waals surface area contributed by atoms with Gasteiger partial charge in [0.1, 0.15) is 5.82 Å². The van der Waals surface area contributed by atoms with Crippen molar-refractivity contribution >= 4 is 28.0 Å². The molecule has 3 rings (SSSR count). The maximum Gasteiger partial charge on any atom is 0.113 e. The largest absolute Gasteiger partial charge is 0.297 e. The molecule has 0 aliphatic rings. The molecule has 2 aromatic heterocycles. The SMILES string of the molecule is CCCc1ncc(C)c2c(CCCl)c3ccccc3n12. The van der Waals surface area contributed by atoms with Crippen molar-refractivity contribution in [1.82, 2.24) is 9.38 Å². The van der Waals surface area contributed by atoms with Gasteiger partial charge in [-0.3, -0.25) is 4.40 Å². The molecule has 1 aromatic carbocycles. The zero-order chi connectivity index (χ0) is 14.1. The first-order valence-corrected chi connectivity index (χ1v) is 7.73. The summed E-state index contributed by atoms with van der Waals surface area (Å²) in [5.41, 5.74) is 5.13. The number of aromatic nitrogens is 2. The second kappa shape index (κ2) is 5.45.